The summed E-state index contributed by atoms with van der Waals surface area (Å²) >= 11 is 0. The van der Waals surface area contributed by atoms with Gasteiger partial charge in [0.2, 0.25) is 10.0 Å². The maximum absolute atomic E-state index is 13.1. The smallest absolute Gasteiger partial charge is 0.300 e. The van der Waals surface area contributed by atoms with Crippen LogP contribution in [0.25, 0.3) is 0 Å². The van der Waals surface area contributed by atoms with Gasteiger partial charge in [-0.3, -0.25) is 20.2 Å². The first-order valence-electron chi connectivity index (χ1n) is 7.45. The molecule has 1 fully saturated rings. The van der Waals surface area contributed by atoms with Gasteiger partial charge in [-0.2, -0.15) is 4.31 Å². The number of hydrogen-bond acceptors (Lipinski definition) is 8. The van der Waals surface area contributed by atoms with E-state index in [1.165, 1.54) is 0 Å². The fourth-order valence-corrected chi connectivity index (χ4v) is 4.23. The Labute approximate surface area is 150 Å². The van der Waals surface area contributed by atoms with Crippen LogP contribution in [0.15, 0.2) is 17.0 Å². The van der Waals surface area contributed by atoms with E-state index in [9.17, 15) is 28.6 Å². The zero-order chi connectivity index (χ0) is 19.5. The minimum Gasteiger partial charge on any atom is -0.355 e. The Morgan fingerprint density at radius 1 is 1.12 bits per heavy atom. The van der Waals surface area contributed by atoms with Crippen LogP contribution in [-0.4, -0.2) is 48.7 Å². The fourth-order valence-electron chi connectivity index (χ4n) is 2.56. The summed E-state index contributed by atoms with van der Waals surface area (Å²) in [6.07, 6.45) is 0. The summed E-state index contributed by atoms with van der Waals surface area (Å²) in [4.78, 5) is 21.4. The van der Waals surface area contributed by atoms with Crippen molar-refractivity contribution in [1.29, 1.82) is 0 Å². The number of benzene rings is 1. The molecular weight excluding hydrogens is 366 g/mol. The Bertz CT molecular complexity index is 802. The molecular formula is C14H17N5O6S. The molecule has 1 N–H and O–H groups in total. The van der Waals surface area contributed by atoms with Gasteiger partial charge in [0.15, 0.2) is 0 Å². The van der Waals surface area contributed by atoms with Crippen LogP contribution in [0.4, 0.5) is 17.1 Å². The molecule has 140 valence electrons. The highest BCUT2D eigenvalue weighted by Gasteiger charge is 2.36. The van der Waals surface area contributed by atoms with E-state index in [0.717, 1.165) is 28.4 Å². The molecule has 0 saturated carbocycles. The number of piperazine rings is 1. The van der Waals surface area contributed by atoms with Crippen molar-refractivity contribution in [1.82, 2.24) is 9.62 Å². The summed E-state index contributed by atoms with van der Waals surface area (Å²) in [5, 5.41) is 25.6. The third kappa shape index (κ3) is 3.76. The number of sulfonamides is 1. The monoisotopic (exact) mass is 383 g/mol. The molecule has 1 aromatic carbocycles. The van der Waals surface area contributed by atoms with E-state index in [2.05, 4.69) is 19.2 Å². The third-order valence-electron chi connectivity index (χ3n) is 3.79. The van der Waals surface area contributed by atoms with Gasteiger partial charge in [0.25, 0.3) is 5.69 Å². The minimum absolute atomic E-state index is 0.139. The molecule has 26 heavy (non-hydrogen) atoms. The fraction of sp³-hybridized carbons (Fsp3) is 0.286. The second-order valence-corrected chi connectivity index (χ2v) is 7.16. The highest BCUT2D eigenvalue weighted by molar-refractivity contribution is 7.89. The topological polar surface area (TPSA) is 139 Å². The lowest BCUT2D eigenvalue weighted by Gasteiger charge is -2.29. The molecule has 11 nitrogen and oxygen atoms in total. The average molecular weight is 383 g/mol. The van der Waals surface area contributed by atoms with Crippen molar-refractivity contribution >= 4 is 27.1 Å². The quantitative estimate of drug-likeness (QED) is 0.541. The van der Waals surface area contributed by atoms with Gasteiger partial charge in [-0.05, 0) is 13.8 Å². The first kappa shape index (κ1) is 20.0. The standard InChI is InChI=1S/C14H17N5O6S/c1-3-16(4-2)14-12(19(22)23)9-11(18(20)21)10-13(14)26(24,25)17-7-5-15-6-8-17/h3-4,9-10,15H,1-2,5-8H2. The predicted octanol–water partition coefficient (Wildman–Crippen LogP) is 0.895. The molecule has 1 saturated heterocycles. The van der Waals surface area contributed by atoms with Gasteiger partial charge in [-0.15, -0.1) is 0 Å². The first-order valence-corrected chi connectivity index (χ1v) is 8.89. The molecule has 1 heterocycles. The third-order valence-corrected chi connectivity index (χ3v) is 5.70. The van der Waals surface area contributed by atoms with Gasteiger partial charge in [0, 0.05) is 32.2 Å². The van der Waals surface area contributed by atoms with Crippen LogP contribution in [0.1, 0.15) is 0 Å². The van der Waals surface area contributed by atoms with Crippen molar-refractivity contribution in [2.75, 3.05) is 31.1 Å². The Morgan fingerprint density at radius 2 is 1.69 bits per heavy atom. The van der Waals surface area contributed by atoms with Crippen molar-refractivity contribution in [3.63, 3.8) is 0 Å². The van der Waals surface area contributed by atoms with Gasteiger partial charge in [-0.1, -0.05) is 0 Å². The summed E-state index contributed by atoms with van der Waals surface area (Å²) in [6.45, 7) is 10.3. The molecule has 1 aromatic rings. The molecule has 0 bridgehead atoms. The summed E-state index contributed by atoms with van der Waals surface area (Å²) in [7, 11) is -4.22. The molecule has 1 aliphatic heterocycles. The molecule has 1 aliphatic rings. The number of nitrogens with one attached hydrogen (secondary N) is 1. The van der Waals surface area contributed by atoms with Crippen molar-refractivity contribution < 1.29 is 18.3 Å². The number of nitrogens with zero attached hydrogens (tertiary/aromatic N) is 4. The maximum atomic E-state index is 13.1. The second kappa shape index (κ2) is 7.93. The van der Waals surface area contributed by atoms with Crippen molar-refractivity contribution in [2.45, 2.75) is 4.90 Å². The van der Waals surface area contributed by atoms with Crippen LogP contribution >= 0.6 is 0 Å². The maximum Gasteiger partial charge on any atom is 0.300 e. The largest absolute Gasteiger partial charge is 0.355 e. The Kier molecular flexibility index (Phi) is 6.10. The van der Waals surface area contributed by atoms with Gasteiger partial charge in [0.1, 0.15) is 10.6 Å². The summed E-state index contributed by atoms with van der Waals surface area (Å²) in [5.74, 6) is 0. The van der Waals surface area contributed by atoms with E-state index in [1.807, 2.05) is 0 Å². The number of rotatable bonds is 7. The van der Waals surface area contributed by atoms with E-state index in [0.29, 0.717) is 19.2 Å². The number of nitro benzene ring substituents is 2. The Balaban J connectivity index is 2.79. The molecule has 4 radical (unpaired) electrons. The summed E-state index contributed by atoms with van der Waals surface area (Å²) in [6, 6.07) is 1.53. The van der Waals surface area contributed by atoms with Gasteiger partial charge in [-0.25, -0.2) is 8.42 Å². The van der Waals surface area contributed by atoms with E-state index in [4.69, 9.17) is 0 Å². The molecule has 0 unspecified atom stereocenters. The molecule has 0 atom stereocenters. The second-order valence-electron chi connectivity index (χ2n) is 5.25. The van der Waals surface area contributed by atoms with Gasteiger partial charge >= 0.3 is 5.69 Å². The normalized spacial score (nSPS) is 15.6. The van der Waals surface area contributed by atoms with Crippen LogP contribution in [0.3, 0.4) is 0 Å². The SMILES string of the molecule is [CH2][CH]N([CH][CH2])c1c([N+](=O)[O-])cc([N+](=O)[O-])cc1S(=O)(=O)N1CCNCC1. The summed E-state index contributed by atoms with van der Waals surface area (Å²) < 4.78 is 27.2. The van der Waals surface area contributed by atoms with Crippen molar-refractivity contribution in [3.8, 4) is 0 Å². The lowest BCUT2D eigenvalue weighted by Crippen LogP contribution is -2.46. The average Bonchev–Trinajstić information content (AvgIpc) is 2.62. The predicted molar refractivity (Wildman–Crippen MR) is 93.2 cm³/mol. The molecule has 0 aliphatic carbocycles. The highest BCUT2D eigenvalue weighted by atomic mass is 32.2. The lowest BCUT2D eigenvalue weighted by atomic mass is 10.2. The van der Waals surface area contributed by atoms with Crippen LogP contribution in [0, 0.1) is 47.2 Å². The van der Waals surface area contributed by atoms with E-state index in [-0.39, 0.29) is 18.8 Å². The van der Waals surface area contributed by atoms with Crippen molar-refractivity contribution in [2.24, 2.45) is 0 Å². The van der Waals surface area contributed by atoms with Crippen LogP contribution < -0.4 is 10.2 Å². The Morgan fingerprint density at radius 3 is 2.15 bits per heavy atom. The molecule has 2 rings (SSSR count). The zero-order valence-electron chi connectivity index (χ0n) is 13.7. The van der Waals surface area contributed by atoms with E-state index in [1.54, 1.807) is 0 Å². The molecule has 0 amide bonds. The summed E-state index contributed by atoms with van der Waals surface area (Å²) in [5.41, 5.74) is -1.76. The number of non-ortho nitro benzene ring substituents is 1. The highest BCUT2D eigenvalue weighted by Crippen LogP contribution is 2.40. The van der Waals surface area contributed by atoms with Gasteiger partial charge < -0.3 is 10.2 Å². The number of nitro groups is 2. The molecule has 0 spiro atoms. The van der Waals surface area contributed by atoms with E-state index < -0.39 is 36.1 Å². The van der Waals surface area contributed by atoms with Crippen LogP contribution in [0.5, 0.6) is 0 Å². The van der Waals surface area contributed by atoms with Crippen LogP contribution in [0.2, 0.25) is 0 Å². The van der Waals surface area contributed by atoms with Crippen molar-refractivity contribution in [3.05, 3.63) is 59.3 Å². The first-order chi connectivity index (χ1) is 12.2. The molecule has 0 aromatic heterocycles. The van der Waals surface area contributed by atoms with Gasteiger partial charge in [0.05, 0.1) is 29.0 Å². The Hall–Kier alpha value is -2.31. The van der Waals surface area contributed by atoms with Crippen LogP contribution in [-0.2, 0) is 10.0 Å². The molecule has 12 heteroatoms. The minimum atomic E-state index is -4.22. The zero-order valence-corrected chi connectivity index (χ0v) is 14.5. The van der Waals surface area contributed by atoms with E-state index >= 15 is 0 Å². The lowest BCUT2D eigenvalue weighted by molar-refractivity contribution is -0.394. The number of hydrogen-bond donors (Lipinski definition) is 1. The number of anilines is 1.